The Balaban J connectivity index is 2.46. The van der Waals surface area contributed by atoms with Crippen molar-refractivity contribution < 1.29 is 8.42 Å². The lowest BCUT2D eigenvalue weighted by Crippen LogP contribution is -2.41. The zero-order chi connectivity index (χ0) is 12.9. The molecular weight excluding hydrogens is 234 g/mol. The summed E-state index contributed by atoms with van der Waals surface area (Å²) >= 11 is 0. The number of hydrogen-bond acceptors (Lipinski definition) is 3. The first-order valence-electron chi connectivity index (χ1n) is 6.84. The van der Waals surface area contributed by atoms with Crippen molar-refractivity contribution >= 4 is 9.84 Å². The van der Waals surface area contributed by atoms with Gasteiger partial charge in [0.1, 0.15) is 9.84 Å². The summed E-state index contributed by atoms with van der Waals surface area (Å²) in [7, 11) is -2.79. The van der Waals surface area contributed by atoms with E-state index >= 15 is 0 Å². The summed E-state index contributed by atoms with van der Waals surface area (Å²) < 4.78 is 23.0. The van der Waals surface area contributed by atoms with Crippen LogP contribution in [-0.2, 0) is 9.84 Å². The quantitative estimate of drug-likeness (QED) is 0.765. The highest BCUT2D eigenvalue weighted by molar-refractivity contribution is 7.91. The van der Waals surface area contributed by atoms with Crippen LogP contribution < -0.4 is 5.32 Å². The Hall–Kier alpha value is -0.0900. The molecule has 1 aliphatic heterocycles. The normalized spacial score (nSPS) is 25.6. The Labute approximate surface area is 106 Å². The Morgan fingerprint density at radius 3 is 2.53 bits per heavy atom. The monoisotopic (exact) mass is 261 g/mol. The molecule has 0 aromatic heterocycles. The summed E-state index contributed by atoms with van der Waals surface area (Å²) in [6, 6.07) is 0. The van der Waals surface area contributed by atoms with Crippen molar-refractivity contribution in [2.24, 2.45) is 5.92 Å². The van der Waals surface area contributed by atoms with E-state index in [4.69, 9.17) is 0 Å². The minimum atomic E-state index is -2.79. The Kier molecular flexibility index (Phi) is 5.45. The number of rotatable bonds is 7. The predicted molar refractivity (Wildman–Crippen MR) is 73.0 cm³/mol. The van der Waals surface area contributed by atoms with Crippen LogP contribution >= 0.6 is 0 Å². The maximum Gasteiger partial charge on any atom is 0.150 e. The smallest absolute Gasteiger partial charge is 0.150 e. The van der Waals surface area contributed by atoms with Gasteiger partial charge in [0.05, 0.1) is 5.75 Å². The van der Waals surface area contributed by atoms with E-state index < -0.39 is 9.84 Å². The molecule has 0 saturated carbocycles. The van der Waals surface area contributed by atoms with Gasteiger partial charge in [0, 0.05) is 11.3 Å². The standard InChI is InChI=1S/C13H27NO2S/c1-4-17(15,16)10-6-8-13(11-12(2)3)7-5-9-14-13/h12,14H,4-11H2,1-3H3. The van der Waals surface area contributed by atoms with Crippen LogP contribution in [0.25, 0.3) is 0 Å². The van der Waals surface area contributed by atoms with Gasteiger partial charge in [0.15, 0.2) is 0 Å². The van der Waals surface area contributed by atoms with E-state index in [-0.39, 0.29) is 11.3 Å². The van der Waals surface area contributed by atoms with Gasteiger partial charge in [-0.15, -0.1) is 0 Å². The number of nitrogens with one attached hydrogen (secondary N) is 1. The first kappa shape index (κ1) is 15.0. The highest BCUT2D eigenvalue weighted by atomic mass is 32.2. The molecule has 1 heterocycles. The van der Waals surface area contributed by atoms with Crippen LogP contribution in [0, 0.1) is 5.92 Å². The molecule has 3 nitrogen and oxygen atoms in total. The van der Waals surface area contributed by atoms with Crippen LogP contribution in [0.15, 0.2) is 0 Å². The number of sulfone groups is 1. The molecule has 0 bridgehead atoms. The minimum absolute atomic E-state index is 0.220. The SMILES string of the molecule is CCS(=O)(=O)CCCC1(CC(C)C)CCCN1. The van der Waals surface area contributed by atoms with Gasteiger partial charge in [0.2, 0.25) is 0 Å². The molecule has 1 fully saturated rings. The summed E-state index contributed by atoms with van der Waals surface area (Å²) in [6.07, 6.45) is 5.41. The van der Waals surface area contributed by atoms with Crippen molar-refractivity contribution in [1.82, 2.24) is 5.32 Å². The van der Waals surface area contributed by atoms with Crippen LogP contribution in [0.1, 0.15) is 52.9 Å². The topological polar surface area (TPSA) is 46.2 Å². The van der Waals surface area contributed by atoms with Crippen molar-refractivity contribution in [3.05, 3.63) is 0 Å². The fourth-order valence-corrected chi connectivity index (χ4v) is 3.79. The second kappa shape index (κ2) is 6.19. The molecule has 0 aromatic carbocycles. The number of hydrogen-bond donors (Lipinski definition) is 1. The Morgan fingerprint density at radius 2 is 2.06 bits per heavy atom. The second-order valence-corrected chi connectivity index (χ2v) is 8.22. The molecule has 0 radical (unpaired) electrons. The highest BCUT2D eigenvalue weighted by Gasteiger charge is 2.33. The summed E-state index contributed by atoms with van der Waals surface area (Å²) in [4.78, 5) is 0. The first-order chi connectivity index (χ1) is 7.89. The zero-order valence-electron chi connectivity index (χ0n) is 11.5. The van der Waals surface area contributed by atoms with Crippen molar-refractivity contribution in [1.29, 1.82) is 0 Å². The largest absolute Gasteiger partial charge is 0.311 e. The molecule has 0 amide bonds. The lowest BCUT2D eigenvalue weighted by molar-refractivity contribution is 0.282. The van der Waals surface area contributed by atoms with E-state index in [9.17, 15) is 8.42 Å². The van der Waals surface area contributed by atoms with E-state index in [0.29, 0.717) is 11.7 Å². The molecule has 1 rings (SSSR count). The molecule has 1 saturated heterocycles. The van der Waals surface area contributed by atoms with Gasteiger partial charge in [-0.2, -0.15) is 0 Å². The van der Waals surface area contributed by atoms with E-state index in [1.54, 1.807) is 6.92 Å². The van der Waals surface area contributed by atoms with Crippen LogP contribution in [0.4, 0.5) is 0 Å². The van der Waals surface area contributed by atoms with Crippen molar-refractivity contribution in [3.63, 3.8) is 0 Å². The van der Waals surface area contributed by atoms with E-state index in [0.717, 1.165) is 19.4 Å². The van der Waals surface area contributed by atoms with Crippen LogP contribution in [0.2, 0.25) is 0 Å². The van der Waals surface area contributed by atoms with E-state index in [1.807, 2.05) is 0 Å². The Bertz CT molecular complexity index is 316. The van der Waals surface area contributed by atoms with Crippen molar-refractivity contribution in [2.75, 3.05) is 18.1 Å². The molecule has 1 atom stereocenters. The molecule has 17 heavy (non-hydrogen) atoms. The predicted octanol–water partition coefficient (Wildman–Crippen LogP) is 2.37. The third-order valence-corrected chi connectivity index (χ3v) is 5.47. The molecule has 0 spiro atoms. The molecular formula is C13H27NO2S. The Morgan fingerprint density at radius 1 is 1.35 bits per heavy atom. The molecule has 1 unspecified atom stereocenters. The second-order valence-electron chi connectivity index (χ2n) is 5.75. The third kappa shape index (κ3) is 4.96. The maximum absolute atomic E-state index is 11.5. The van der Waals surface area contributed by atoms with Gasteiger partial charge in [-0.1, -0.05) is 20.8 Å². The minimum Gasteiger partial charge on any atom is -0.311 e. The maximum atomic E-state index is 11.5. The van der Waals surface area contributed by atoms with Gasteiger partial charge < -0.3 is 5.32 Å². The molecule has 102 valence electrons. The van der Waals surface area contributed by atoms with Gasteiger partial charge in [0.25, 0.3) is 0 Å². The van der Waals surface area contributed by atoms with E-state index in [1.165, 1.54) is 19.3 Å². The average Bonchev–Trinajstić information content (AvgIpc) is 2.65. The molecule has 4 heteroatoms. The fraction of sp³-hybridized carbons (Fsp3) is 1.00. The fourth-order valence-electron chi connectivity index (χ4n) is 2.91. The molecule has 0 aromatic rings. The summed E-state index contributed by atoms with van der Waals surface area (Å²) in [5.74, 6) is 1.30. The lowest BCUT2D eigenvalue weighted by Gasteiger charge is -2.31. The molecule has 1 N–H and O–H groups in total. The zero-order valence-corrected chi connectivity index (χ0v) is 12.3. The van der Waals surface area contributed by atoms with Crippen molar-refractivity contribution in [3.8, 4) is 0 Å². The van der Waals surface area contributed by atoms with Gasteiger partial charge in [-0.05, 0) is 44.6 Å². The molecule has 0 aliphatic carbocycles. The average molecular weight is 261 g/mol. The lowest BCUT2D eigenvalue weighted by atomic mass is 9.84. The van der Waals surface area contributed by atoms with Crippen LogP contribution in [-0.4, -0.2) is 32.0 Å². The molecule has 1 aliphatic rings. The van der Waals surface area contributed by atoms with E-state index in [2.05, 4.69) is 19.2 Å². The highest BCUT2D eigenvalue weighted by Crippen LogP contribution is 2.31. The third-order valence-electron chi connectivity index (χ3n) is 3.68. The summed E-state index contributed by atoms with van der Waals surface area (Å²) in [6.45, 7) is 7.30. The van der Waals surface area contributed by atoms with Crippen molar-refractivity contribution in [2.45, 2.75) is 58.4 Å². The van der Waals surface area contributed by atoms with Gasteiger partial charge >= 0.3 is 0 Å². The van der Waals surface area contributed by atoms with Crippen LogP contribution in [0.5, 0.6) is 0 Å². The van der Waals surface area contributed by atoms with Gasteiger partial charge in [-0.3, -0.25) is 0 Å². The summed E-state index contributed by atoms with van der Waals surface area (Å²) in [5.41, 5.74) is 0.220. The summed E-state index contributed by atoms with van der Waals surface area (Å²) in [5, 5.41) is 3.61. The first-order valence-corrected chi connectivity index (χ1v) is 8.67. The van der Waals surface area contributed by atoms with Crippen LogP contribution in [0.3, 0.4) is 0 Å². The van der Waals surface area contributed by atoms with Gasteiger partial charge in [-0.25, -0.2) is 8.42 Å².